The number of nitrogens with one attached hydrogen (secondary N) is 3. The van der Waals surface area contributed by atoms with Crippen LogP contribution in [-0.4, -0.2) is 53.1 Å². The number of hydrogen-bond acceptors (Lipinski definition) is 5. The Hall–Kier alpha value is -1.77. The number of benzene rings is 1. The second kappa shape index (κ2) is 10.7. The van der Waals surface area contributed by atoms with E-state index in [1.165, 1.54) is 0 Å². The van der Waals surface area contributed by atoms with E-state index < -0.39 is 12.0 Å². The summed E-state index contributed by atoms with van der Waals surface area (Å²) in [5, 5.41) is 18.4. The minimum absolute atomic E-state index is 0.0608. The number of carbonyl (C=O) groups is 3. The summed E-state index contributed by atoms with van der Waals surface area (Å²) >= 11 is 7.61. The van der Waals surface area contributed by atoms with E-state index in [0.29, 0.717) is 10.8 Å². The summed E-state index contributed by atoms with van der Waals surface area (Å²) in [6.07, 6.45) is 0.0608. The van der Waals surface area contributed by atoms with Gasteiger partial charge in [0.25, 0.3) is 0 Å². The highest BCUT2D eigenvalue weighted by molar-refractivity contribution is 7.99. The maximum absolute atomic E-state index is 12.5. The number of thioether (sulfide) groups is 1. The van der Waals surface area contributed by atoms with Crippen molar-refractivity contribution in [1.29, 1.82) is 0 Å². The molecule has 1 aromatic rings. The van der Waals surface area contributed by atoms with E-state index in [4.69, 9.17) is 11.6 Å². The van der Waals surface area contributed by atoms with Crippen molar-refractivity contribution in [2.24, 2.45) is 5.92 Å². The van der Waals surface area contributed by atoms with Crippen LogP contribution < -0.4 is 16.0 Å². The zero-order valence-electron chi connectivity index (χ0n) is 15.9. The molecule has 1 aliphatic heterocycles. The van der Waals surface area contributed by atoms with Crippen molar-refractivity contribution < 1.29 is 19.5 Å². The van der Waals surface area contributed by atoms with E-state index in [9.17, 15) is 19.5 Å². The lowest BCUT2D eigenvalue weighted by Crippen LogP contribution is -2.46. The Labute approximate surface area is 174 Å². The summed E-state index contributed by atoms with van der Waals surface area (Å²) in [5.74, 6) is -0.610. The fraction of sp³-hybridized carbons (Fsp3) is 0.526. The highest BCUT2D eigenvalue weighted by atomic mass is 35.5. The van der Waals surface area contributed by atoms with Gasteiger partial charge in [-0.1, -0.05) is 37.6 Å². The van der Waals surface area contributed by atoms with Crippen LogP contribution in [0.15, 0.2) is 24.3 Å². The molecule has 1 saturated heterocycles. The number of hydrogen-bond donors (Lipinski definition) is 4. The van der Waals surface area contributed by atoms with Gasteiger partial charge in [-0.05, 0) is 23.6 Å². The largest absolute Gasteiger partial charge is 0.480 e. The number of rotatable bonds is 9. The normalized spacial score (nSPS) is 18.5. The molecule has 28 heavy (non-hydrogen) atoms. The molecule has 0 spiro atoms. The molecule has 1 fully saturated rings. The van der Waals surface area contributed by atoms with E-state index in [1.807, 2.05) is 12.1 Å². The topological polar surface area (TPSA) is 108 Å². The molecule has 3 atom stereocenters. The number of carbonyl (C=O) groups excluding carboxylic acids is 2. The van der Waals surface area contributed by atoms with Gasteiger partial charge < -0.3 is 15.7 Å². The molecule has 1 aliphatic rings. The molecule has 154 valence electrons. The van der Waals surface area contributed by atoms with Crippen LogP contribution in [0.4, 0.5) is 0 Å². The molecule has 9 heteroatoms. The SMILES string of the molecule is CC(C)[C@H](NC(=O)C[C@@H](CNC(=O)[C@H]1CSCN1)c1ccc(Cl)cc1)C(=O)O. The van der Waals surface area contributed by atoms with Crippen LogP contribution >= 0.6 is 23.4 Å². The van der Waals surface area contributed by atoms with Gasteiger partial charge in [0.15, 0.2) is 0 Å². The van der Waals surface area contributed by atoms with Gasteiger partial charge in [0, 0.05) is 35.5 Å². The molecule has 4 N–H and O–H groups in total. The third kappa shape index (κ3) is 6.68. The number of carboxylic acid groups (broad SMARTS) is 1. The Morgan fingerprint density at radius 1 is 1.29 bits per heavy atom. The zero-order chi connectivity index (χ0) is 20.7. The van der Waals surface area contributed by atoms with E-state index in [1.54, 1.807) is 37.7 Å². The van der Waals surface area contributed by atoms with Gasteiger partial charge in [0.2, 0.25) is 11.8 Å². The molecule has 0 bridgehead atoms. The molecule has 2 rings (SSSR count). The maximum Gasteiger partial charge on any atom is 0.326 e. The predicted octanol–water partition coefficient (Wildman–Crippen LogP) is 1.82. The van der Waals surface area contributed by atoms with Crippen molar-refractivity contribution in [3.8, 4) is 0 Å². The molecule has 7 nitrogen and oxygen atoms in total. The van der Waals surface area contributed by atoms with Crippen molar-refractivity contribution in [2.45, 2.75) is 38.3 Å². The van der Waals surface area contributed by atoms with Crippen molar-refractivity contribution in [2.75, 3.05) is 18.2 Å². The fourth-order valence-corrected chi connectivity index (χ4v) is 3.99. The Bertz CT molecular complexity index is 693. The molecular weight excluding hydrogens is 402 g/mol. The lowest BCUT2D eigenvalue weighted by atomic mass is 9.94. The molecule has 0 aromatic heterocycles. The van der Waals surface area contributed by atoms with Crippen LogP contribution in [0.2, 0.25) is 5.02 Å². The Morgan fingerprint density at radius 3 is 2.50 bits per heavy atom. The maximum atomic E-state index is 12.5. The smallest absolute Gasteiger partial charge is 0.326 e. The Morgan fingerprint density at radius 2 is 1.96 bits per heavy atom. The second-order valence-electron chi connectivity index (χ2n) is 7.10. The monoisotopic (exact) mass is 427 g/mol. The first-order valence-electron chi connectivity index (χ1n) is 9.14. The average molecular weight is 428 g/mol. The van der Waals surface area contributed by atoms with Crippen molar-refractivity contribution in [1.82, 2.24) is 16.0 Å². The van der Waals surface area contributed by atoms with Gasteiger partial charge in [-0.3, -0.25) is 14.9 Å². The van der Waals surface area contributed by atoms with Crippen molar-refractivity contribution >= 4 is 41.1 Å². The van der Waals surface area contributed by atoms with Crippen molar-refractivity contribution in [3.63, 3.8) is 0 Å². The summed E-state index contributed by atoms with van der Waals surface area (Å²) in [4.78, 5) is 36.1. The van der Waals surface area contributed by atoms with Crippen LogP contribution in [0.25, 0.3) is 0 Å². The number of halogens is 1. The van der Waals surface area contributed by atoms with Crippen LogP contribution in [0.3, 0.4) is 0 Å². The van der Waals surface area contributed by atoms with E-state index in [0.717, 1.165) is 11.4 Å². The Kier molecular flexibility index (Phi) is 8.59. The van der Waals surface area contributed by atoms with Gasteiger partial charge >= 0.3 is 5.97 Å². The number of amides is 2. The lowest BCUT2D eigenvalue weighted by Gasteiger charge is -2.22. The van der Waals surface area contributed by atoms with Gasteiger partial charge in [-0.2, -0.15) is 0 Å². The van der Waals surface area contributed by atoms with Gasteiger partial charge in [-0.15, -0.1) is 11.8 Å². The molecule has 0 unspecified atom stereocenters. The minimum atomic E-state index is -1.07. The third-order valence-corrected chi connectivity index (χ3v) is 5.77. The molecule has 0 radical (unpaired) electrons. The molecule has 1 aromatic carbocycles. The second-order valence-corrected chi connectivity index (χ2v) is 8.56. The summed E-state index contributed by atoms with van der Waals surface area (Å²) in [6.45, 7) is 3.75. The van der Waals surface area contributed by atoms with E-state index >= 15 is 0 Å². The molecule has 2 amide bonds. The summed E-state index contributed by atoms with van der Waals surface area (Å²) in [7, 11) is 0. The highest BCUT2D eigenvalue weighted by Crippen LogP contribution is 2.22. The predicted molar refractivity (Wildman–Crippen MR) is 110 cm³/mol. The summed E-state index contributed by atoms with van der Waals surface area (Å²) in [5.41, 5.74) is 0.852. The lowest BCUT2D eigenvalue weighted by molar-refractivity contribution is -0.143. The summed E-state index contributed by atoms with van der Waals surface area (Å²) in [6, 6.07) is 5.90. The van der Waals surface area contributed by atoms with E-state index in [-0.39, 0.29) is 42.7 Å². The Balaban J connectivity index is 2.04. The molecule has 0 aliphatic carbocycles. The number of aliphatic carboxylic acids is 1. The quantitative estimate of drug-likeness (QED) is 0.479. The van der Waals surface area contributed by atoms with Crippen LogP contribution in [0.5, 0.6) is 0 Å². The van der Waals surface area contributed by atoms with Gasteiger partial charge in [-0.25, -0.2) is 4.79 Å². The fourth-order valence-electron chi connectivity index (χ4n) is 2.92. The first kappa shape index (κ1) is 22.5. The molecule has 1 heterocycles. The van der Waals surface area contributed by atoms with Gasteiger partial charge in [0.05, 0.1) is 6.04 Å². The summed E-state index contributed by atoms with van der Waals surface area (Å²) < 4.78 is 0. The zero-order valence-corrected chi connectivity index (χ0v) is 17.5. The first-order chi connectivity index (χ1) is 13.3. The average Bonchev–Trinajstić information content (AvgIpc) is 3.18. The van der Waals surface area contributed by atoms with Crippen LogP contribution in [-0.2, 0) is 14.4 Å². The third-order valence-electron chi connectivity index (χ3n) is 4.58. The standard InChI is InChI=1S/C19H26ClN3O4S/c1-11(2)17(19(26)27)23-16(24)7-13(12-3-5-14(20)6-4-12)8-21-18(25)15-9-28-10-22-15/h3-6,11,13,15,17,22H,7-10H2,1-2H3,(H,21,25)(H,23,24)(H,26,27)/t13-,15+,17-/m0/s1. The number of carboxylic acids is 1. The highest BCUT2D eigenvalue weighted by Gasteiger charge is 2.27. The minimum Gasteiger partial charge on any atom is -0.480 e. The van der Waals surface area contributed by atoms with Crippen LogP contribution in [0.1, 0.15) is 31.7 Å². The van der Waals surface area contributed by atoms with Crippen molar-refractivity contribution in [3.05, 3.63) is 34.9 Å². The van der Waals surface area contributed by atoms with Crippen LogP contribution in [0, 0.1) is 5.92 Å². The first-order valence-corrected chi connectivity index (χ1v) is 10.7. The molecular formula is C19H26ClN3O4S. The van der Waals surface area contributed by atoms with Gasteiger partial charge in [0.1, 0.15) is 6.04 Å². The molecule has 0 saturated carbocycles. The van der Waals surface area contributed by atoms with E-state index in [2.05, 4.69) is 16.0 Å².